The van der Waals surface area contributed by atoms with Gasteiger partial charge in [0.2, 0.25) is 5.91 Å². The summed E-state index contributed by atoms with van der Waals surface area (Å²) in [4.78, 5) is 14.6. The van der Waals surface area contributed by atoms with E-state index >= 15 is 0 Å². The van der Waals surface area contributed by atoms with E-state index in [2.05, 4.69) is 10.3 Å². The third kappa shape index (κ3) is 3.94. The zero-order valence-electron chi connectivity index (χ0n) is 9.40. The molecule has 0 aliphatic carbocycles. The molecule has 1 aromatic heterocycles. The molecule has 2 unspecified atom stereocenters. The summed E-state index contributed by atoms with van der Waals surface area (Å²) in [6.07, 6.45) is 1.44. The Morgan fingerprint density at radius 1 is 1.56 bits per heavy atom. The molecule has 1 rings (SSSR count). The molecule has 16 heavy (non-hydrogen) atoms. The van der Waals surface area contributed by atoms with Gasteiger partial charge < -0.3 is 11.1 Å². The maximum absolute atomic E-state index is 12.6. The molecule has 5 heteroatoms. The van der Waals surface area contributed by atoms with Gasteiger partial charge >= 0.3 is 0 Å². The van der Waals surface area contributed by atoms with Crippen molar-refractivity contribution in [3.63, 3.8) is 0 Å². The van der Waals surface area contributed by atoms with Crippen LogP contribution in [0.1, 0.15) is 32.0 Å². The van der Waals surface area contributed by atoms with Crippen molar-refractivity contribution >= 4 is 5.91 Å². The highest BCUT2D eigenvalue weighted by atomic mass is 19.1. The molecule has 2 atom stereocenters. The number of carbonyl (C=O) groups is 1. The predicted octanol–water partition coefficient (Wildman–Crippen LogP) is 1.14. The quantitative estimate of drug-likeness (QED) is 0.789. The van der Waals surface area contributed by atoms with Crippen LogP contribution >= 0.6 is 0 Å². The van der Waals surface area contributed by atoms with Gasteiger partial charge in [0.25, 0.3) is 0 Å². The molecular weight excluding hydrogens is 209 g/mol. The first-order valence-electron chi connectivity index (χ1n) is 5.15. The van der Waals surface area contributed by atoms with Crippen LogP contribution in [0.25, 0.3) is 0 Å². The monoisotopic (exact) mass is 225 g/mol. The van der Waals surface area contributed by atoms with E-state index in [9.17, 15) is 9.18 Å². The van der Waals surface area contributed by atoms with Crippen LogP contribution < -0.4 is 11.1 Å². The van der Waals surface area contributed by atoms with Gasteiger partial charge in [-0.1, -0.05) is 0 Å². The molecule has 1 aromatic rings. The third-order valence-corrected chi connectivity index (χ3v) is 2.24. The fourth-order valence-electron chi connectivity index (χ4n) is 1.52. The van der Waals surface area contributed by atoms with Gasteiger partial charge in [0.1, 0.15) is 5.82 Å². The lowest BCUT2D eigenvalue weighted by Gasteiger charge is -2.18. The highest BCUT2D eigenvalue weighted by molar-refractivity contribution is 5.74. The molecule has 0 aliphatic heterocycles. The standard InChI is InChI=1S/C11H16FN3O/c1-7(5-11(13)16)15-8(2)10-4-3-9(12)6-14-10/h3-4,6-8,15H,5H2,1-2H3,(H2,13,16). The molecule has 0 fully saturated rings. The second kappa shape index (κ2) is 5.55. The van der Waals surface area contributed by atoms with Crippen LogP contribution in [0.4, 0.5) is 4.39 Å². The number of nitrogens with two attached hydrogens (primary N) is 1. The van der Waals surface area contributed by atoms with Crippen LogP contribution in [0.5, 0.6) is 0 Å². The summed E-state index contributed by atoms with van der Waals surface area (Å²) in [6, 6.07) is 2.90. The van der Waals surface area contributed by atoms with E-state index in [-0.39, 0.29) is 30.2 Å². The van der Waals surface area contributed by atoms with E-state index in [0.29, 0.717) is 0 Å². The Bertz CT molecular complexity index is 353. The summed E-state index contributed by atoms with van der Waals surface area (Å²) in [7, 11) is 0. The van der Waals surface area contributed by atoms with Gasteiger partial charge in [-0.25, -0.2) is 4.39 Å². The minimum atomic E-state index is -0.360. The van der Waals surface area contributed by atoms with Crippen LogP contribution in [0, 0.1) is 5.82 Å². The maximum atomic E-state index is 12.6. The van der Waals surface area contributed by atoms with Crippen molar-refractivity contribution in [2.75, 3.05) is 0 Å². The number of pyridine rings is 1. The van der Waals surface area contributed by atoms with Crippen LogP contribution in [0.15, 0.2) is 18.3 Å². The number of amides is 1. The average Bonchev–Trinajstić information content (AvgIpc) is 2.16. The summed E-state index contributed by atoms with van der Waals surface area (Å²) in [5.41, 5.74) is 5.82. The minimum Gasteiger partial charge on any atom is -0.370 e. The van der Waals surface area contributed by atoms with Gasteiger partial charge in [-0.3, -0.25) is 9.78 Å². The minimum absolute atomic E-state index is 0.0284. The number of rotatable bonds is 5. The zero-order valence-corrected chi connectivity index (χ0v) is 9.40. The molecule has 0 aromatic carbocycles. The van der Waals surface area contributed by atoms with Gasteiger partial charge in [-0.05, 0) is 26.0 Å². The van der Waals surface area contributed by atoms with Crippen LogP contribution in [0.2, 0.25) is 0 Å². The molecule has 0 saturated heterocycles. The molecule has 0 bridgehead atoms. The predicted molar refractivity (Wildman–Crippen MR) is 59.0 cm³/mol. The first-order chi connectivity index (χ1) is 7.49. The second-order valence-electron chi connectivity index (χ2n) is 3.86. The maximum Gasteiger partial charge on any atom is 0.218 e. The highest BCUT2D eigenvalue weighted by Crippen LogP contribution is 2.10. The second-order valence-corrected chi connectivity index (χ2v) is 3.86. The van der Waals surface area contributed by atoms with E-state index in [4.69, 9.17) is 5.73 Å². The topological polar surface area (TPSA) is 68.0 Å². The molecule has 88 valence electrons. The zero-order chi connectivity index (χ0) is 12.1. The Morgan fingerprint density at radius 3 is 2.75 bits per heavy atom. The van der Waals surface area contributed by atoms with Crippen LogP contribution in [0.3, 0.4) is 0 Å². The average molecular weight is 225 g/mol. The summed E-state index contributed by atoms with van der Waals surface area (Å²) >= 11 is 0. The fraction of sp³-hybridized carbons (Fsp3) is 0.455. The number of nitrogens with zero attached hydrogens (tertiary/aromatic N) is 1. The Hall–Kier alpha value is -1.49. The van der Waals surface area contributed by atoms with Crippen molar-refractivity contribution in [3.05, 3.63) is 29.8 Å². The van der Waals surface area contributed by atoms with Gasteiger partial charge in [0, 0.05) is 18.5 Å². The SMILES string of the molecule is CC(CC(N)=O)NC(C)c1ccc(F)cn1. The first kappa shape index (κ1) is 12.6. The number of halogens is 1. The lowest BCUT2D eigenvalue weighted by molar-refractivity contribution is -0.118. The smallest absolute Gasteiger partial charge is 0.218 e. The number of carbonyl (C=O) groups excluding carboxylic acids is 1. The number of primary amides is 1. The highest BCUT2D eigenvalue weighted by Gasteiger charge is 2.12. The molecule has 1 amide bonds. The molecular formula is C11H16FN3O. The van der Waals surface area contributed by atoms with E-state index < -0.39 is 0 Å². The van der Waals surface area contributed by atoms with Crippen molar-refractivity contribution in [1.29, 1.82) is 0 Å². The summed E-state index contributed by atoms with van der Waals surface area (Å²) in [6.45, 7) is 3.77. The normalized spacial score (nSPS) is 14.4. The first-order valence-corrected chi connectivity index (χ1v) is 5.15. The largest absolute Gasteiger partial charge is 0.370 e. The molecule has 1 heterocycles. The van der Waals surface area contributed by atoms with Gasteiger partial charge in [0.05, 0.1) is 11.9 Å². The number of aromatic nitrogens is 1. The Labute approximate surface area is 94.1 Å². The number of nitrogens with one attached hydrogen (secondary N) is 1. The van der Waals surface area contributed by atoms with Crippen LogP contribution in [-0.4, -0.2) is 16.9 Å². The number of hydrogen-bond donors (Lipinski definition) is 2. The Kier molecular flexibility index (Phi) is 4.37. The van der Waals surface area contributed by atoms with Crippen molar-refractivity contribution < 1.29 is 9.18 Å². The van der Waals surface area contributed by atoms with Crippen molar-refractivity contribution in [2.45, 2.75) is 32.4 Å². The molecule has 0 aliphatic rings. The summed E-state index contributed by atoms with van der Waals surface area (Å²) < 4.78 is 12.6. The lowest BCUT2D eigenvalue weighted by Crippen LogP contribution is -2.33. The van der Waals surface area contributed by atoms with Gasteiger partial charge in [-0.2, -0.15) is 0 Å². The molecule has 0 radical (unpaired) electrons. The number of hydrogen-bond acceptors (Lipinski definition) is 3. The molecule has 0 spiro atoms. The van der Waals surface area contributed by atoms with E-state index in [1.165, 1.54) is 12.3 Å². The lowest BCUT2D eigenvalue weighted by atomic mass is 10.1. The summed E-state index contributed by atoms with van der Waals surface area (Å²) in [5, 5.41) is 3.16. The van der Waals surface area contributed by atoms with Gasteiger partial charge in [-0.15, -0.1) is 0 Å². The van der Waals surface area contributed by atoms with Crippen molar-refractivity contribution in [3.8, 4) is 0 Å². The Balaban J connectivity index is 2.54. The fourth-order valence-corrected chi connectivity index (χ4v) is 1.52. The molecule has 3 N–H and O–H groups in total. The van der Waals surface area contributed by atoms with Crippen molar-refractivity contribution in [2.24, 2.45) is 5.73 Å². The van der Waals surface area contributed by atoms with Crippen molar-refractivity contribution in [1.82, 2.24) is 10.3 Å². The van der Waals surface area contributed by atoms with Crippen LogP contribution in [-0.2, 0) is 4.79 Å². The Morgan fingerprint density at radius 2 is 2.25 bits per heavy atom. The molecule has 0 saturated carbocycles. The van der Waals surface area contributed by atoms with E-state index in [1.807, 2.05) is 13.8 Å². The van der Waals surface area contributed by atoms with Gasteiger partial charge in [0.15, 0.2) is 0 Å². The summed E-state index contributed by atoms with van der Waals surface area (Å²) in [5.74, 6) is -0.708. The van der Waals surface area contributed by atoms with E-state index in [1.54, 1.807) is 6.07 Å². The molecule has 4 nitrogen and oxygen atoms in total. The third-order valence-electron chi connectivity index (χ3n) is 2.24. The van der Waals surface area contributed by atoms with E-state index in [0.717, 1.165) is 5.69 Å².